The highest BCUT2D eigenvalue weighted by molar-refractivity contribution is 7.21. The van der Waals surface area contributed by atoms with Gasteiger partial charge in [-0.1, -0.05) is 6.42 Å². The number of aliphatic hydroxyl groups is 1. The molecular formula is C15H19N3O2S. The molecule has 1 fully saturated rings. The van der Waals surface area contributed by atoms with Gasteiger partial charge in [0, 0.05) is 12.7 Å². The summed E-state index contributed by atoms with van der Waals surface area (Å²) in [6.07, 6.45) is 5.18. The third kappa shape index (κ3) is 3.01. The van der Waals surface area contributed by atoms with Crippen molar-refractivity contribution in [1.29, 1.82) is 0 Å². The Balaban J connectivity index is 1.68. The molecule has 0 aromatic carbocycles. The summed E-state index contributed by atoms with van der Waals surface area (Å²) >= 11 is 1.37. The first-order valence-corrected chi connectivity index (χ1v) is 8.06. The van der Waals surface area contributed by atoms with Crippen LogP contribution in [0.1, 0.15) is 35.4 Å². The lowest BCUT2D eigenvalue weighted by Crippen LogP contribution is -2.32. The van der Waals surface area contributed by atoms with E-state index in [1.54, 1.807) is 6.20 Å². The molecule has 21 heavy (non-hydrogen) atoms. The number of amides is 1. The second-order valence-corrected chi connectivity index (χ2v) is 6.64. The highest BCUT2D eigenvalue weighted by atomic mass is 32.1. The molecule has 2 heterocycles. The molecule has 2 atom stereocenters. The van der Waals surface area contributed by atoms with Crippen molar-refractivity contribution in [1.82, 2.24) is 10.3 Å². The van der Waals surface area contributed by atoms with Gasteiger partial charge < -0.3 is 16.2 Å². The van der Waals surface area contributed by atoms with Crippen LogP contribution < -0.4 is 11.1 Å². The predicted octanol–water partition coefficient (Wildman–Crippen LogP) is 2.16. The first-order valence-electron chi connectivity index (χ1n) is 7.24. The number of hydrogen-bond donors (Lipinski definition) is 3. The summed E-state index contributed by atoms with van der Waals surface area (Å²) in [5.41, 5.74) is 7.17. The average Bonchev–Trinajstić information content (AvgIpc) is 2.83. The van der Waals surface area contributed by atoms with E-state index < -0.39 is 0 Å². The molecule has 0 spiro atoms. The summed E-state index contributed by atoms with van der Waals surface area (Å²) in [5.74, 6) is 0.210. The van der Waals surface area contributed by atoms with Crippen LogP contribution in [0.25, 0.3) is 10.2 Å². The Hall–Kier alpha value is -1.66. The largest absolute Gasteiger partial charge is 0.396 e. The van der Waals surface area contributed by atoms with Gasteiger partial charge in [-0.2, -0.15) is 0 Å². The first-order chi connectivity index (χ1) is 10.1. The number of rotatable bonds is 3. The Morgan fingerprint density at radius 2 is 2.38 bits per heavy atom. The highest BCUT2D eigenvalue weighted by Gasteiger charge is 2.22. The average molecular weight is 305 g/mol. The van der Waals surface area contributed by atoms with Crippen LogP contribution in [0.15, 0.2) is 18.3 Å². The Morgan fingerprint density at radius 1 is 1.52 bits per heavy atom. The van der Waals surface area contributed by atoms with Gasteiger partial charge in [-0.05, 0) is 37.3 Å². The van der Waals surface area contributed by atoms with Crippen molar-refractivity contribution < 1.29 is 9.90 Å². The molecule has 4 N–H and O–H groups in total. The summed E-state index contributed by atoms with van der Waals surface area (Å²) < 4.78 is 0.924. The van der Waals surface area contributed by atoms with Crippen molar-refractivity contribution >= 4 is 33.1 Å². The molecule has 2 aromatic heterocycles. The minimum Gasteiger partial charge on any atom is -0.396 e. The molecule has 112 valence electrons. The molecule has 0 radical (unpaired) electrons. The van der Waals surface area contributed by atoms with Gasteiger partial charge in [0.05, 0.1) is 16.5 Å². The lowest BCUT2D eigenvalue weighted by atomic mass is 9.87. The molecule has 0 bridgehead atoms. The Kier molecular flexibility index (Phi) is 4.07. The maximum Gasteiger partial charge on any atom is 0.263 e. The number of nitrogen functional groups attached to an aromatic ring is 1. The minimum absolute atomic E-state index is 0.143. The minimum atomic E-state index is -0.223. The molecule has 2 aromatic rings. The summed E-state index contributed by atoms with van der Waals surface area (Å²) in [4.78, 5) is 17.0. The number of anilines is 1. The molecule has 3 rings (SSSR count). The van der Waals surface area contributed by atoms with E-state index in [0.29, 0.717) is 28.5 Å². The lowest BCUT2D eigenvalue weighted by Gasteiger charge is -2.25. The van der Waals surface area contributed by atoms with Gasteiger partial charge in [-0.15, -0.1) is 11.3 Å². The van der Waals surface area contributed by atoms with Crippen LogP contribution in [0.2, 0.25) is 0 Å². The number of nitrogens with one attached hydrogen (secondary N) is 1. The fourth-order valence-electron chi connectivity index (χ4n) is 2.88. The second kappa shape index (κ2) is 5.99. The van der Waals surface area contributed by atoms with Crippen molar-refractivity contribution in [3.63, 3.8) is 0 Å². The van der Waals surface area contributed by atoms with Gasteiger partial charge in [0.15, 0.2) is 0 Å². The lowest BCUT2D eigenvalue weighted by molar-refractivity contribution is 0.0877. The van der Waals surface area contributed by atoms with Gasteiger partial charge in [0.25, 0.3) is 5.91 Å². The topological polar surface area (TPSA) is 88.2 Å². The van der Waals surface area contributed by atoms with Crippen molar-refractivity contribution in [2.75, 3.05) is 12.3 Å². The quantitative estimate of drug-likeness (QED) is 0.811. The van der Waals surface area contributed by atoms with Crippen LogP contribution in [0, 0.1) is 5.92 Å². The van der Waals surface area contributed by atoms with Crippen LogP contribution in [0.5, 0.6) is 0 Å². The molecule has 5 nitrogen and oxygen atoms in total. The van der Waals surface area contributed by atoms with E-state index in [1.165, 1.54) is 11.3 Å². The summed E-state index contributed by atoms with van der Waals surface area (Å²) in [6, 6.07) is 3.75. The van der Waals surface area contributed by atoms with E-state index in [9.17, 15) is 9.90 Å². The highest BCUT2D eigenvalue weighted by Crippen LogP contribution is 2.32. The summed E-state index contributed by atoms with van der Waals surface area (Å²) in [7, 11) is 0. The SMILES string of the molecule is Nc1c(C(=O)NCC2CCCC(O)C2)sc2cccnc12. The molecular weight excluding hydrogens is 286 g/mol. The molecule has 1 amide bonds. The predicted molar refractivity (Wildman–Crippen MR) is 84.3 cm³/mol. The fraction of sp³-hybridized carbons (Fsp3) is 0.467. The number of nitrogens with two attached hydrogens (primary N) is 1. The molecule has 1 aliphatic carbocycles. The van der Waals surface area contributed by atoms with Crippen LogP contribution >= 0.6 is 11.3 Å². The molecule has 2 unspecified atom stereocenters. The molecule has 1 saturated carbocycles. The Bertz CT molecular complexity index is 655. The standard InChI is InChI=1S/C15H19N3O2S/c16-12-13-11(5-2-6-17-13)21-14(12)15(20)18-8-9-3-1-4-10(19)7-9/h2,5-6,9-10,19H,1,3-4,7-8,16H2,(H,18,20). The number of carbonyl (C=O) groups is 1. The third-order valence-electron chi connectivity index (χ3n) is 4.00. The van der Waals surface area contributed by atoms with Crippen LogP contribution in [-0.4, -0.2) is 28.6 Å². The Labute approximate surface area is 127 Å². The number of fused-ring (bicyclic) bond motifs is 1. The third-order valence-corrected chi connectivity index (χ3v) is 5.15. The second-order valence-electron chi connectivity index (χ2n) is 5.59. The first kappa shape index (κ1) is 14.3. The van der Waals surface area contributed by atoms with Gasteiger partial charge in [-0.25, -0.2) is 0 Å². The van der Waals surface area contributed by atoms with Gasteiger partial charge in [-0.3, -0.25) is 9.78 Å². The monoisotopic (exact) mass is 305 g/mol. The number of aliphatic hydroxyl groups excluding tert-OH is 1. The van der Waals surface area contributed by atoms with Gasteiger partial charge in [0.1, 0.15) is 10.4 Å². The van der Waals surface area contributed by atoms with Crippen LogP contribution in [0.4, 0.5) is 5.69 Å². The van der Waals surface area contributed by atoms with Gasteiger partial charge >= 0.3 is 0 Å². The molecule has 0 aliphatic heterocycles. The van der Waals surface area contributed by atoms with E-state index in [-0.39, 0.29) is 12.0 Å². The van der Waals surface area contributed by atoms with E-state index in [1.807, 2.05) is 12.1 Å². The van der Waals surface area contributed by atoms with Crippen molar-refractivity contribution in [2.24, 2.45) is 5.92 Å². The molecule has 0 saturated heterocycles. The van der Waals surface area contributed by atoms with E-state index in [4.69, 9.17) is 5.73 Å². The molecule has 6 heteroatoms. The number of aromatic nitrogens is 1. The number of nitrogens with zero attached hydrogens (tertiary/aromatic N) is 1. The van der Waals surface area contributed by atoms with Crippen molar-refractivity contribution in [2.45, 2.75) is 31.8 Å². The summed E-state index contributed by atoms with van der Waals surface area (Å²) in [5, 5.41) is 12.6. The zero-order valence-electron chi connectivity index (χ0n) is 11.7. The smallest absolute Gasteiger partial charge is 0.263 e. The number of pyridine rings is 1. The maximum atomic E-state index is 12.3. The Morgan fingerprint density at radius 3 is 3.14 bits per heavy atom. The summed E-state index contributed by atoms with van der Waals surface area (Å²) in [6.45, 7) is 0.594. The van der Waals surface area contributed by atoms with Gasteiger partial charge in [0.2, 0.25) is 0 Å². The van der Waals surface area contributed by atoms with E-state index in [2.05, 4.69) is 10.3 Å². The molecule has 1 aliphatic rings. The maximum absolute atomic E-state index is 12.3. The zero-order chi connectivity index (χ0) is 14.8. The normalized spacial score (nSPS) is 22.3. The number of hydrogen-bond acceptors (Lipinski definition) is 5. The van der Waals surface area contributed by atoms with Crippen molar-refractivity contribution in [3.8, 4) is 0 Å². The zero-order valence-corrected chi connectivity index (χ0v) is 12.5. The van der Waals surface area contributed by atoms with E-state index >= 15 is 0 Å². The van der Waals surface area contributed by atoms with Crippen molar-refractivity contribution in [3.05, 3.63) is 23.2 Å². The van der Waals surface area contributed by atoms with Crippen LogP contribution in [0.3, 0.4) is 0 Å². The number of thiophene rings is 1. The van der Waals surface area contributed by atoms with Crippen LogP contribution in [-0.2, 0) is 0 Å². The fourth-order valence-corrected chi connectivity index (χ4v) is 3.88. The number of carbonyl (C=O) groups excluding carboxylic acids is 1. The van der Waals surface area contributed by atoms with E-state index in [0.717, 1.165) is 30.4 Å².